The molecule has 1 aromatic carbocycles. The van der Waals surface area contributed by atoms with E-state index in [4.69, 9.17) is 49.5 Å². The Morgan fingerprint density at radius 3 is 2.54 bits per heavy atom. The van der Waals surface area contributed by atoms with Gasteiger partial charge in [0.15, 0.2) is 10.8 Å². The van der Waals surface area contributed by atoms with Crippen molar-refractivity contribution < 1.29 is 4.74 Å². The number of hydrogen-bond donors (Lipinski definition) is 2. The van der Waals surface area contributed by atoms with E-state index in [1.807, 2.05) is 37.3 Å². The Balaban J connectivity index is 1.47. The first-order chi connectivity index (χ1) is 18.7. The van der Waals surface area contributed by atoms with Crippen LogP contribution in [-0.4, -0.2) is 56.2 Å². The summed E-state index contributed by atoms with van der Waals surface area (Å²) < 4.78 is 9.20. The first kappa shape index (κ1) is 26.1. The molecule has 5 heterocycles. The highest BCUT2D eigenvalue weighted by molar-refractivity contribution is 6.43. The molecule has 2 saturated heterocycles. The van der Waals surface area contributed by atoms with Crippen LogP contribution in [-0.2, 0) is 18.3 Å². The molecule has 0 bridgehead atoms. The summed E-state index contributed by atoms with van der Waals surface area (Å²) in [7, 11) is 1.73. The van der Waals surface area contributed by atoms with Crippen molar-refractivity contribution in [3.8, 4) is 11.3 Å². The molecule has 0 radical (unpaired) electrons. The summed E-state index contributed by atoms with van der Waals surface area (Å²) in [5.74, 6) is 0.763. The van der Waals surface area contributed by atoms with Crippen LogP contribution >= 0.6 is 23.2 Å². The van der Waals surface area contributed by atoms with Crippen LogP contribution < -0.4 is 21.9 Å². The second kappa shape index (κ2) is 9.78. The fourth-order valence-corrected chi connectivity index (χ4v) is 6.23. The van der Waals surface area contributed by atoms with Crippen molar-refractivity contribution in [1.82, 2.24) is 24.3 Å². The molecule has 12 heteroatoms. The van der Waals surface area contributed by atoms with Crippen LogP contribution in [0.15, 0.2) is 41.2 Å². The van der Waals surface area contributed by atoms with Crippen LogP contribution in [0.3, 0.4) is 0 Å². The zero-order chi connectivity index (χ0) is 27.5. The maximum Gasteiger partial charge on any atom is 0.266 e. The molecule has 2 atom stereocenters. The van der Waals surface area contributed by atoms with E-state index in [0.717, 1.165) is 31.5 Å². The molecule has 1 spiro atoms. The molecule has 0 aliphatic carbocycles. The average Bonchev–Trinajstić information content (AvgIpc) is 3.42. The lowest BCUT2D eigenvalue weighted by atomic mass is 9.73. The van der Waals surface area contributed by atoms with Gasteiger partial charge in [0.2, 0.25) is 5.95 Å². The standard InChI is InChI=1S/C27H30Cl2N8O2/c1-15-22(31)27(14-39-15)8-10-36(11-9-27)26-33-24-19(25(38)35(26)2)21(17-12-18(30)32-23(29)20(17)28)34-37(24)13-16-6-4-3-5-7-16/h3-7,12,15,22H,8-11,13-14,31H2,1-2H3,(H2,30,32)/t15-,22+/m0/s1. The minimum absolute atomic E-state index is 0.00172. The largest absolute Gasteiger partial charge is 0.384 e. The van der Waals surface area contributed by atoms with Gasteiger partial charge in [0.05, 0.1) is 24.3 Å². The molecule has 0 saturated carbocycles. The van der Waals surface area contributed by atoms with Crippen molar-refractivity contribution in [3.05, 3.63) is 62.5 Å². The van der Waals surface area contributed by atoms with E-state index >= 15 is 0 Å². The molecule has 204 valence electrons. The predicted molar refractivity (Wildman–Crippen MR) is 153 cm³/mol. The van der Waals surface area contributed by atoms with Crippen molar-refractivity contribution in [2.24, 2.45) is 18.2 Å². The summed E-state index contributed by atoms with van der Waals surface area (Å²) >= 11 is 12.8. The van der Waals surface area contributed by atoms with E-state index in [1.54, 1.807) is 22.4 Å². The minimum Gasteiger partial charge on any atom is -0.384 e. The maximum absolute atomic E-state index is 14.0. The fraction of sp³-hybridized carbons (Fsp3) is 0.407. The topological polar surface area (TPSA) is 130 Å². The number of nitrogens with two attached hydrogens (primary N) is 2. The summed E-state index contributed by atoms with van der Waals surface area (Å²) in [6.07, 6.45) is 1.78. The number of hydrogen-bond acceptors (Lipinski definition) is 8. The van der Waals surface area contributed by atoms with Gasteiger partial charge in [0, 0.05) is 37.2 Å². The number of benzene rings is 1. The van der Waals surface area contributed by atoms with Crippen molar-refractivity contribution in [1.29, 1.82) is 0 Å². The molecule has 4 aromatic rings. The molecule has 4 N–H and O–H groups in total. The number of rotatable bonds is 4. The number of anilines is 2. The lowest BCUT2D eigenvalue weighted by molar-refractivity contribution is 0.0973. The van der Waals surface area contributed by atoms with Gasteiger partial charge >= 0.3 is 0 Å². The molecule has 0 amide bonds. The van der Waals surface area contributed by atoms with Gasteiger partial charge in [-0.05, 0) is 31.4 Å². The van der Waals surface area contributed by atoms with Crippen molar-refractivity contribution in [2.75, 3.05) is 30.3 Å². The number of aromatic nitrogens is 5. The van der Waals surface area contributed by atoms with Gasteiger partial charge in [0.25, 0.3) is 5.56 Å². The summed E-state index contributed by atoms with van der Waals surface area (Å²) in [4.78, 5) is 25.2. The second-order valence-corrected chi connectivity index (χ2v) is 11.3. The van der Waals surface area contributed by atoms with E-state index in [0.29, 0.717) is 41.4 Å². The van der Waals surface area contributed by atoms with E-state index in [1.165, 1.54) is 0 Å². The van der Waals surface area contributed by atoms with E-state index in [-0.39, 0.29) is 39.1 Å². The normalized spacial score (nSPS) is 20.8. The van der Waals surface area contributed by atoms with E-state index in [2.05, 4.69) is 9.88 Å². The number of pyridine rings is 1. The predicted octanol–water partition coefficient (Wildman–Crippen LogP) is 3.46. The highest BCUT2D eigenvalue weighted by atomic mass is 35.5. The van der Waals surface area contributed by atoms with Crippen LogP contribution in [0.1, 0.15) is 25.3 Å². The number of ether oxygens (including phenoxy) is 1. The van der Waals surface area contributed by atoms with E-state index < -0.39 is 0 Å². The Morgan fingerprint density at radius 1 is 1.15 bits per heavy atom. The Labute approximate surface area is 235 Å². The maximum atomic E-state index is 14.0. The molecular weight excluding hydrogens is 539 g/mol. The van der Waals surface area contributed by atoms with Gasteiger partial charge < -0.3 is 21.1 Å². The summed E-state index contributed by atoms with van der Waals surface area (Å²) in [5, 5.41) is 5.39. The van der Waals surface area contributed by atoms with Crippen LogP contribution in [0.5, 0.6) is 0 Å². The zero-order valence-corrected chi connectivity index (χ0v) is 23.3. The molecule has 2 fully saturated rings. The van der Waals surface area contributed by atoms with E-state index in [9.17, 15) is 4.79 Å². The fourth-order valence-electron chi connectivity index (χ4n) is 5.84. The van der Waals surface area contributed by atoms with Gasteiger partial charge in [-0.15, -0.1) is 0 Å². The third-order valence-corrected chi connectivity index (χ3v) is 8.96. The number of nitrogen functional groups attached to an aromatic ring is 1. The number of fused-ring (bicyclic) bond motifs is 1. The molecule has 2 aliphatic rings. The molecule has 3 aromatic heterocycles. The first-order valence-corrected chi connectivity index (χ1v) is 13.7. The summed E-state index contributed by atoms with van der Waals surface area (Å²) in [6.45, 7) is 4.55. The van der Waals surface area contributed by atoms with Gasteiger partial charge in [-0.2, -0.15) is 10.1 Å². The lowest BCUT2D eigenvalue weighted by Gasteiger charge is -2.41. The number of piperidine rings is 1. The van der Waals surface area contributed by atoms with Crippen molar-refractivity contribution in [2.45, 2.75) is 38.5 Å². The quantitative estimate of drug-likeness (QED) is 0.358. The van der Waals surface area contributed by atoms with Crippen molar-refractivity contribution in [3.63, 3.8) is 0 Å². The van der Waals surface area contributed by atoms with Gasteiger partial charge in [-0.25, -0.2) is 9.67 Å². The summed E-state index contributed by atoms with van der Waals surface area (Å²) in [6, 6.07) is 11.5. The minimum atomic E-state index is -0.235. The van der Waals surface area contributed by atoms with Crippen LogP contribution in [0.4, 0.5) is 11.8 Å². The van der Waals surface area contributed by atoms with Crippen molar-refractivity contribution >= 4 is 46.0 Å². The Morgan fingerprint density at radius 2 is 1.87 bits per heavy atom. The summed E-state index contributed by atoms with van der Waals surface area (Å²) in [5.41, 5.74) is 14.5. The van der Waals surface area contributed by atoms with Crippen LogP contribution in [0.2, 0.25) is 10.2 Å². The Hall–Kier alpha value is -3.18. The SMILES string of the molecule is C[C@@H]1OCC2(CCN(c3nc4c(c(-c5cc(N)nc(Cl)c5Cl)nn4Cc4ccccc4)c(=O)n3C)CC2)[C@@H]1N. The first-order valence-electron chi connectivity index (χ1n) is 12.9. The highest BCUT2D eigenvalue weighted by Crippen LogP contribution is 2.42. The number of nitrogens with zero attached hydrogens (tertiary/aromatic N) is 6. The average molecular weight is 569 g/mol. The third kappa shape index (κ3) is 4.35. The lowest BCUT2D eigenvalue weighted by Crippen LogP contribution is -2.51. The monoisotopic (exact) mass is 568 g/mol. The molecule has 6 rings (SSSR count). The highest BCUT2D eigenvalue weighted by Gasteiger charge is 2.48. The number of halogens is 2. The molecule has 0 unspecified atom stereocenters. The Kier molecular flexibility index (Phi) is 6.53. The molecule has 39 heavy (non-hydrogen) atoms. The van der Waals surface area contributed by atoms with Gasteiger partial charge in [-0.3, -0.25) is 9.36 Å². The second-order valence-electron chi connectivity index (χ2n) is 10.6. The third-order valence-electron chi connectivity index (χ3n) is 8.21. The zero-order valence-electron chi connectivity index (χ0n) is 21.8. The molecular formula is C27H30Cl2N8O2. The smallest absolute Gasteiger partial charge is 0.266 e. The molecule has 2 aliphatic heterocycles. The van der Waals surface area contributed by atoms with Gasteiger partial charge in [-0.1, -0.05) is 53.5 Å². The van der Waals surface area contributed by atoms with Crippen LogP contribution in [0.25, 0.3) is 22.3 Å². The molecule has 10 nitrogen and oxygen atoms in total. The Bertz CT molecular complexity index is 1610. The van der Waals surface area contributed by atoms with Gasteiger partial charge in [0.1, 0.15) is 16.9 Å². The van der Waals surface area contributed by atoms with Crippen LogP contribution in [0, 0.1) is 5.41 Å².